The predicted molar refractivity (Wildman–Crippen MR) is 75.8 cm³/mol. The SMILES string of the molecule is CNS(=O)(=O)c1ccc(C(=O)Nc2ccc(O)cc2C)o1. The van der Waals surface area contributed by atoms with Crippen LogP contribution < -0.4 is 10.0 Å². The maximum absolute atomic E-state index is 12.0. The lowest BCUT2D eigenvalue weighted by Crippen LogP contribution is -2.18. The smallest absolute Gasteiger partial charge is 0.291 e. The van der Waals surface area contributed by atoms with Gasteiger partial charge in [0.2, 0.25) is 5.09 Å². The molecule has 1 aromatic heterocycles. The molecule has 0 atom stereocenters. The number of carbonyl (C=O) groups is 1. The molecule has 21 heavy (non-hydrogen) atoms. The van der Waals surface area contributed by atoms with Gasteiger partial charge in [-0.2, -0.15) is 0 Å². The molecular formula is C13H14N2O5S. The normalized spacial score (nSPS) is 11.3. The molecule has 0 radical (unpaired) electrons. The summed E-state index contributed by atoms with van der Waals surface area (Å²) in [7, 11) is -2.48. The predicted octanol–water partition coefficient (Wildman–Crippen LogP) is 1.45. The minimum atomic E-state index is -3.73. The first-order valence-electron chi connectivity index (χ1n) is 5.98. The van der Waals surface area contributed by atoms with Crippen molar-refractivity contribution < 1.29 is 22.7 Å². The number of hydrogen-bond donors (Lipinski definition) is 3. The molecule has 7 nitrogen and oxygen atoms in total. The van der Waals surface area contributed by atoms with Crippen molar-refractivity contribution in [1.29, 1.82) is 0 Å². The lowest BCUT2D eigenvalue weighted by Gasteiger charge is -2.07. The molecule has 8 heteroatoms. The van der Waals surface area contributed by atoms with Crippen LogP contribution in [0.2, 0.25) is 0 Å². The van der Waals surface area contributed by atoms with Crippen molar-refractivity contribution in [2.45, 2.75) is 12.0 Å². The fourth-order valence-electron chi connectivity index (χ4n) is 1.66. The average molecular weight is 310 g/mol. The number of amides is 1. The number of benzene rings is 1. The molecule has 0 bridgehead atoms. The third-order valence-electron chi connectivity index (χ3n) is 2.80. The third kappa shape index (κ3) is 3.23. The quantitative estimate of drug-likeness (QED) is 0.741. The maximum atomic E-state index is 12.0. The Hall–Kier alpha value is -2.32. The third-order valence-corrected chi connectivity index (χ3v) is 4.08. The van der Waals surface area contributed by atoms with Gasteiger partial charge in [0.05, 0.1) is 0 Å². The molecule has 0 spiro atoms. The zero-order valence-electron chi connectivity index (χ0n) is 11.4. The summed E-state index contributed by atoms with van der Waals surface area (Å²) in [6.07, 6.45) is 0. The van der Waals surface area contributed by atoms with E-state index in [1.54, 1.807) is 6.92 Å². The van der Waals surface area contributed by atoms with Crippen molar-refractivity contribution in [2.24, 2.45) is 0 Å². The summed E-state index contributed by atoms with van der Waals surface area (Å²) in [5.41, 5.74) is 1.16. The Bertz CT molecular complexity index is 780. The first-order valence-corrected chi connectivity index (χ1v) is 7.46. The summed E-state index contributed by atoms with van der Waals surface area (Å²) in [6.45, 7) is 1.72. The average Bonchev–Trinajstić information content (AvgIpc) is 2.92. The Morgan fingerprint density at radius 3 is 2.57 bits per heavy atom. The molecule has 0 saturated heterocycles. The summed E-state index contributed by atoms with van der Waals surface area (Å²) in [6, 6.07) is 6.94. The van der Waals surface area contributed by atoms with Gasteiger partial charge in [0.25, 0.3) is 15.9 Å². The van der Waals surface area contributed by atoms with Crippen LogP contribution in [0.25, 0.3) is 0 Å². The highest BCUT2D eigenvalue weighted by molar-refractivity contribution is 7.89. The first-order chi connectivity index (χ1) is 9.83. The number of aryl methyl sites for hydroxylation is 1. The Kier molecular flexibility index (Phi) is 4.01. The standard InChI is InChI=1S/C13H14N2O5S/c1-8-7-9(16)3-4-10(8)15-13(17)11-5-6-12(20-11)21(18,19)14-2/h3-7,14,16H,1-2H3,(H,15,17). The lowest BCUT2D eigenvalue weighted by molar-refractivity contribution is 0.0991. The second-order valence-electron chi connectivity index (χ2n) is 4.28. The number of nitrogens with one attached hydrogen (secondary N) is 2. The summed E-state index contributed by atoms with van der Waals surface area (Å²) >= 11 is 0. The van der Waals surface area contributed by atoms with E-state index in [0.29, 0.717) is 11.3 Å². The Balaban J connectivity index is 2.22. The maximum Gasteiger partial charge on any atom is 0.291 e. The minimum Gasteiger partial charge on any atom is -0.508 e. The van der Waals surface area contributed by atoms with Crippen molar-refractivity contribution in [2.75, 3.05) is 12.4 Å². The van der Waals surface area contributed by atoms with E-state index in [1.807, 2.05) is 0 Å². The molecule has 1 heterocycles. The van der Waals surface area contributed by atoms with E-state index in [9.17, 15) is 18.3 Å². The van der Waals surface area contributed by atoms with Crippen LogP contribution in [0.15, 0.2) is 39.8 Å². The van der Waals surface area contributed by atoms with Crippen LogP contribution in [0.5, 0.6) is 5.75 Å². The van der Waals surface area contributed by atoms with Crippen LogP contribution in [-0.2, 0) is 10.0 Å². The molecule has 0 aliphatic rings. The summed E-state index contributed by atoms with van der Waals surface area (Å²) < 4.78 is 30.2. The van der Waals surface area contributed by atoms with Crippen LogP contribution in [0.1, 0.15) is 16.1 Å². The Morgan fingerprint density at radius 2 is 1.95 bits per heavy atom. The van der Waals surface area contributed by atoms with Crippen molar-refractivity contribution >= 4 is 21.6 Å². The number of furan rings is 1. The molecule has 1 aromatic carbocycles. The molecule has 0 aliphatic heterocycles. The number of phenolic OH excluding ortho intramolecular Hbond substituents is 1. The fraction of sp³-hybridized carbons (Fsp3) is 0.154. The van der Waals surface area contributed by atoms with Gasteiger partial charge in [-0.05, 0) is 49.9 Å². The molecule has 0 unspecified atom stereocenters. The summed E-state index contributed by atoms with van der Waals surface area (Å²) in [4.78, 5) is 12.0. The van der Waals surface area contributed by atoms with Gasteiger partial charge in [-0.25, -0.2) is 13.1 Å². The second-order valence-corrected chi connectivity index (χ2v) is 6.10. The minimum absolute atomic E-state index is 0.0888. The molecule has 0 fully saturated rings. The molecule has 0 aliphatic carbocycles. The zero-order chi connectivity index (χ0) is 15.6. The van der Waals surface area contributed by atoms with Gasteiger partial charge in [-0.15, -0.1) is 0 Å². The van der Waals surface area contributed by atoms with Crippen molar-refractivity contribution in [1.82, 2.24) is 4.72 Å². The molecule has 2 rings (SSSR count). The van der Waals surface area contributed by atoms with E-state index in [4.69, 9.17) is 4.42 Å². The van der Waals surface area contributed by atoms with E-state index in [-0.39, 0.29) is 16.6 Å². The monoisotopic (exact) mass is 310 g/mol. The number of hydrogen-bond acceptors (Lipinski definition) is 5. The lowest BCUT2D eigenvalue weighted by atomic mass is 10.2. The van der Waals surface area contributed by atoms with Gasteiger partial charge in [0.1, 0.15) is 5.75 Å². The van der Waals surface area contributed by atoms with E-state index in [0.717, 1.165) is 0 Å². The number of carbonyl (C=O) groups excluding carboxylic acids is 1. The van der Waals surface area contributed by atoms with E-state index >= 15 is 0 Å². The van der Waals surface area contributed by atoms with Crippen LogP contribution in [-0.4, -0.2) is 26.5 Å². The number of anilines is 1. The van der Waals surface area contributed by atoms with Crippen LogP contribution >= 0.6 is 0 Å². The molecular weight excluding hydrogens is 296 g/mol. The highest BCUT2D eigenvalue weighted by atomic mass is 32.2. The zero-order valence-corrected chi connectivity index (χ0v) is 12.2. The highest BCUT2D eigenvalue weighted by Gasteiger charge is 2.19. The van der Waals surface area contributed by atoms with Crippen LogP contribution in [0.4, 0.5) is 5.69 Å². The van der Waals surface area contributed by atoms with E-state index in [2.05, 4.69) is 10.0 Å². The number of phenols is 1. The fourth-order valence-corrected chi connectivity index (χ4v) is 2.31. The number of sulfonamides is 1. The van der Waals surface area contributed by atoms with Gasteiger partial charge in [0.15, 0.2) is 5.76 Å². The van der Waals surface area contributed by atoms with Crippen molar-refractivity contribution in [3.8, 4) is 5.75 Å². The van der Waals surface area contributed by atoms with Gasteiger partial charge >= 0.3 is 0 Å². The van der Waals surface area contributed by atoms with Crippen LogP contribution in [0.3, 0.4) is 0 Å². The van der Waals surface area contributed by atoms with Crippen molar-refractivity contribution in [3.05, 3.63) is 41.7 Å². The van der Waals surface area contributed by atoms with Crippen molar-refractivity contribution in [3.63, 3.8) is 0 Å². The Labute approximate surface area is 121 Å². The number of aromatic hydroxyl groups is 1. The van der Waals surface area contributed by atoms with Gasteiger partial charge in [-0.3, -0.25) is 4.79 Å². The first kappa shape index (κ1) is 15.1. The molecule has 112 valence electrons. The summed E-state index contributed by atoms with van der Waals surface area (Å²) in [5, 5.41) is 11.5. The highest BCUT2D eigenvalue weighted by Crippen LogP contribution is 2.21. The Morgan fingerprint density at radius 1 is 1.24 bits per heavy atom. The topological polar surface area (TPSA) is 109 Å². The van der Waals surface area contributed by atoms with Gasteiger partial charge in [-0.1, -0.05) is 0 Å². The molecule has 0 saturated carbocycles. The second kappa shape index (κ2) is 5.58. The van der Waals surface area contributed by atoms with E-state index in [1.165, 1.54) is 37.4 Å². The van der Waals surface area contributed by atoms with Crippen LogP contribution in [0, 0.1) is 6.92 Å². The van der Waals surface area contributed by atoms with Gasteiger partial charge in [0, 0.05) is 5.69 Å². The van der Waals surface area contributed by atoms with E-state index < -0.39 is 15.9 Å². The molecule has 2 aromatic rings. The molecule has 1 amide bonds. The molecule has 3 N–H and O–H groups in total. The summed E-state index contributed by atoms with van der Waals surface area (Å²) in [5.74, 6) is -0.622. The largest absolute Gasteiger partial charge is 0.508 e. The van der Waals surface area contributed by atoms with Gasteiger partial charge < -0.3 is 14.8 Å². The number of rotatable bonds is 4.